The molecule has 1 aliphatic heterocycles. The Labute approximate surface area is 106 Å². The van der Waals surface area contributed by atoms with E-state index in [1.807, 2.05) is 4.68 Å². The smallest absolute Gasteiger partial charge is 0.130 e. The summed E-state index contributed by atoms with van der Waals surface area (Å²) in [5.74, 6) is 1.32. The van der Waals surface area contributed by atoms with E-state index in [2.05, 4.69) is 39.9 Å². The second kappa shape index (κ2) is 5.21. The molecule has 2 rings (SSSR count). The van der Waals surface area contributed by atoms with Gasteiger partial charge in [-0.15, -0.1) is 0 Å². The molecule has 16 heavy (non-hydrogen) atoms. The maximum Gasteiger partial charge on any atom is 0.130 e. The molecular formula is C12H20BrN3. The molecule has 3 nitrogen and oxygen atoms in total. The second-order valence-corrected chi connectivity index (χ2v) is 5.11. The van der Waals surface area contributed by atoms with Crippen molar-refractivity contribution in [3.8, 4) is 0 Å². The summed E-state index contributed by atoms with van der Waals surface area (Å²) in [4.78, 5) is 2.50. The minimum absolute atomic E-state index is 0.901. The van der Waals surface area contributed by atoms with E-state index in [0.29, 0.717) is 0 Å². The molecule has 0 amide bonds. The van der Waals surface area contributed by atoms with Gasteiger partial charge in [0.25, 0.3) is 0 Å². The highest BCUT2D eigenvalue weighted by atomic mass is 79.9. The normalized spacial score (nSPS) is 17.6. The summed E-state index contributed by atoms with van der Waals surface area (Å²) in [7, 11) is 2.05. The van der Waals surface area contributed by atoms with Gasteiger partial charge in [0, 0.05) is 31.0 Å². The Kier molecular flexibility index (Phi) is 3.90. The van der Waals surface area contributed by atoms with Gasteiger partial charge in [0.15, 0.2) is 0 Å². The van der Waals surface area contributed by atoms with Gasteiger partial charge in [0.05, 0.1) is 5.69 Å². The molecule has 4 heteroatoms. The number of rotatable bonds is 2. The highest BCUT2D eigenvalue weighted by Crippen LogP contribution is 2.27. The Morgan fingerprint density at radius 1 is 1.19 bits per heavy atom. The first-order chi connectivity index (χ1) is 7.74. The second-order valence-electron chi connectivity index (χ2n) is 4.55. The van der Waals surface area contributed by atoms with Gasteiger partial charge in [-0.25, -0.2) is 0 Å². The molecule has 2 heterocycles. The molecule has 0 N–H and O–H groups in total. The van der Waals surface area contributed by atoms with Crippen LogP contribution in [0.1, 0.15) is 36.9 Å². The zero-order chi connectivity index (χ0) is 11.5. The molecule has 1 aromatic heterocycles. The van der Waals surface area contributed by atoms with Crippen LogP contribution >= 0.6 is 15.9 Å². The standard InChI is InChI=1S/C12H20BrN3/c1-10-11(9-13)12(15(2)14-10)16-7-5-3-4-6-8-16/h3-9H2,1-2H3. The molecule has 0 spiro atoms. The minimum atomic E-state index is 0.901. The monoisotopic (exact) mass is 285 g/mol. The predicted molar refractivity (Wildman–Crippen MR) is 71.3 cm³/mol. The van der Waals surface area contributed by atoms with Crippen LogP contribution in [0.5, 0.6) is 0 Å². The number of nitrogens with zero attached hydrogens (tertiary/aromatic N) is 3. The topological polar surface area (TPSA) is 21.1 Å². The molecule has 0 aliphatic carbocycles. The lowest BCUT2D eigenvalue weighted by Gasteiger charge is -2.23. The molecule has 0 unspecified atom stereocenters. The summed E-state index contributed by atoms with van der Waals surface area (Å²) < 4.78 is 2.04. The van der Waals surface area contributed by atoms with Gasteiger partial charge in [0.1, 0.15) is 5.82 Å². The SMILES string of the molecule is Cc1nn(C)c(N2CCCCCC2)c1CBr. The van der Waals surface area contributed by atoms with E-state index in [0.717, 1.165) is 11.0 Å². The zero-order valence-electron chi connectivity index (χ0n) is 10.2. The van der Waals surface area contributed by atoms with Crippen molar-refractivity contribution in [1.29, 1.82) is 0 Å². The van der Waals surface area contributed by atoms with Crippen LogP contribution in [-0.2, 0) is 12.4 Å². The maximum absolute atomic E-state index is 4.53. The molecule has 0 bridgehead atoms. The third-order valence-corrected chi connectivity index (χ3v) is 3.91. The fraction of sp³-hybridized carbons (Fsp3) is 0.750. The van der Waals surface area contributed by atoms with Crippen molar-refractivity contribution in [3.05, 3.63) is 11.3 Å². The average Bonchev–Trinajstić information content (AvgIpc) is 2.48. The lowest BCUT2D eigenvalue weighted by molar-refractivity contribution is 0.696. The fourth-order valence-electron chi connectivity index (χ4n) is 2.52. The minimum Gasteiger partial charge on any atom is -0.357 e. The first kappa shape index (κ1) is 12.0. The third-order valence-electron chi connectivity index (χ3n) is 3.35. The number of aryl methyl sites for hydroxylation is 2. The van der Waals surface area contributed by atoms with Gasteiger partial charge in [0.2, 0.25) is 0 Å². The molecule has 1 aromatic rings. The molecule has 0 atom stereocenters. The van der Waals surface area contributed by atoms with Crippen molar-refractivity contribution >= 4 is 21.7 Å². The largest absolute Gasteiger partial charge is 0.357 e. The van der Waals surface area contributed by atoms with E-state index in [1.165, 1.54) is 50.2 Å². The Morgan fingerprint density at radius 2 is 1.81 bits per heavy atom. The van der Waals surface area contributed by atoms with Gasteiger partial charge in [-0.2, -0.15) is 5.10 Å². The average molecular weight is 286 g/mol. The molecule has 1 fully saturated rings. The first-order valence-corrected chi connectivity index (χ1v) is 7.19. The highest BCUT2D eigenvalue weighted by molar-refractivity contribution is 9.08. The number of halogens is 1. The van der Waals surface area contributed by atoms with Crippen LogP contribution in [0.15, 0.2) is 0 Å². The van der Waals surface area contributed by atoms with Crippen molar-refractivity contribution in [3.63, 3.8) is 0 Å². The van der Waals surface area contributed by atoms with Gasteiger partial charge in [-0.3, -0.25) is 4.68 Å². The van der Waals surface area contributed by atoms with Gasteiger partial charge in [-0.05, 0) is 19.8 Å². The number of hydrogen-bond acceptors (Lipinski definition) is 2. The molecule has 1 saturated heterocycles. The number of aromatic nitrogens is 2. The Morgan fingerprint density at radius 3 is 2.38 bits per heavy atom. The number of alkyl halides is 1. The van der Waals surface area contributed by atoms with Crippen LogP contribution in [0, 0.1) is 6.92 Å². The summed E-state index contributed by atoms with van der Waals surface area (Å²) in [6, 6.07) is 0. The zero-order valence-corrected chi connectivity index (χ0v) is 11.8. The van der Waals surface area contributed by atoms with Crippen LogP contribution in [-0.4, -0.2) is 22.9 Å². The third kappa shape index (κ3) is 2.26. The summed E-state index contributed by atoms with van der Waals surface area (Å²) >= 11 is 3.58. The Bertz CT molecular complexity index is 351. The maximum atomic E-state index is 4.53. The first-order valence-electron chi connectivity index (χ1n) is 6.07. The van der Waals surface area contributed by atoms with E-state index in [4.69, 9.17) is 0 Å². The Balaban J connectivity index is 2.29. The van der Waals surface area contributed by atoms with E-state index in [-0.39, 0.29) is 0 Å². The summed E-state index contributed by atoms with van der Waals surface area (Å²) in [5.41, 5.74) is 2.50. The molecule has 0 aromatic carbocycles. The molecule has 90 valence electrons. The van der Waals surface area contributed by atoms with E-state index in [1.54, 1.807) is 0 Å². The van der Waals surface area contributed by atoms with Crippen molar-refractivity contribution < 1.29 is 0 Å². The van der Waals surface area contributed by atoms with Crippen LogP contribution < -0.4 is 4.90 Å². The summed E-state index contributed by atoms with van der Waals surface area (Å²) in [6.45, 7) is 4.45. The molecular weight excluding hydrogens is 266 g/mol. The van der Waals surface area contributed by atoms with Crippen molar-refractivity contribution in [1.82, 2.24) is 9.78 Å². The van der Waals surface area contributed by atoms with E-state index < -0.39 is 0 Å². The predicted octanol–water partition coefficient (Wildman–Crippen LogP) is 3.00. The lowest BCUT2D eigenvalue weighted by atomic mass is 10.2. The van der Waals surface area contributed by atoms with Gasteiger partial charge in [-0.1, -0.05) is 28.8 Å². The van der Waals surface area contributed by atoms with Crippen LogP contribution in [0.25, 0.3) is 0 Å². The molecule has 0 saturated carbocycles. The van der Waals surface area contributed by atoms with Crippen LogP contribution in [0.3, 0.4) is 0 Å². The van der Waals surface area contributed by atoms with E-state index >= 15 is 0 Å². The fourth-order valence-corrected chi connectivity index (χ4v) is 3.18. The van der Waals surface area contributed by atoms with Crippen molar-refractivity contribution in [2.45, 2.75) is 37.9 Å². The molecule has 0 radical (unpaired) electrons. The summed E-state index contributed by atoms with van der Waals surface area (Å²) in [5, 5.41) is 5.43. The summed E-state index contributed by atoms with van der Waals surface area (Å²) in [6.07, 6.45) is 5.37. The van der Waals surface area contributed by atoms with Crippen LogP contribution in [0.2, 0.25) is 0 Å². The highest BCUT2D eigenvalue weighted by Gasteiger charge is 2.19. The number of anilines is 1. The quantitative estimate of drug-likeness (QED) is 0.779. The van der Waals surface area contributed by atoms with Crippen molar-refractivity contribution in [2.24, 2.45) is 7.05 Å². The van der Waals surface area contributed by atoms with Gasteiger partial charge >= 0.3 is 0 Å². The Hall–Kier alpha value is -0.510. The molecule has 1 aliphatic rings. The number of hydrogen-bond donors (Lipinski definition) is 0. The van der Waals surface area contributed by atoms with Gasteiger partial charge < -0.3 is 4.90 Å². The van der Waals surface area contributed by atoms with E-state index in [9.17, 15) is 0 Å². The lowest BCUT2D eigenvalue weighted by Crippen LogP contribution is -2.27. The van der Waals surface area contributed by atoms with Crippen molar-refractivity contribution in [2.75, 3.05) is 18.0 Å². The van der Waals surface area contributed by atoms with Crippen LogP contribution in [0.4, 0.5) is 5.82 Å².